The molecule has 0 bridgehead atoms. The van der Waals surface area contributed by atoms with Crippen molar-refractivity contribution in [1.82, 2.24) is 4.90 Å². The minimum atomic E-state index is 0.340. The minimum absolute atomic E-state index is 0.340. The maximum absolute atomic E-state index is 9.28. The van der Waals surface area contributed by atoms with E-state index in [1.165, 1.54) is 24.9 Å². The first-order chi connectivity index (χ1) is 8.69. The molecule has 1 aromatic rings. The van der Waals surface area contributed by atoms with E-state index in [4.69, 9.17) is 5.73 Å². The Bertz CT molecular complexity index is 363. The molecular formula is C15H24N2O. The van der Waals surface area contributed by atoms with Crippen LogP contribution in [0.5, 0.6) is 5.75 Å². The van der Waals surface area contributed by atoms with Gasteiger partial charge in [0.2, 0.25) is 0 Å². The van der Waals surface area contributed by atoms with Crippen molar-refractivity contribution in [2.24, 2.45) is 11.7 Å². The van der Waals surface area contributed by atoms with E-state index in [2.05, 4.69) is 11.8 Å². The van der Waals surface area contributed by atoms with Crippen LogP contribution in [-0.2, 0) is 6.42 Å². The summed E-state index contributed by atoms with van der Waals surface area (Å²) in [4.78, 5) is 2.55. The van der Waals surface area contributed by atoms with Crippen LogP contribution in [0.15, 0.2) is 24.3 Å². The zero-order chi connectivity index (χ0) is 13.0. The van der Waals surface area contributed by atoms with Crippen LogP contribution < -0.4 is 5.73 Å². The van der Waals surface area contributed by atoms with Crippen LogP contribution >= 0.6 is 0 Å². The van der Waals surface area contributed by atoms with Gasteiger partial charge in [0, 0.05) is 12.6 Å². The normalized spacial score (nSPS) is 22.9. The van der Waals surface area contributed by atoms with Gasteiger partial charge in [0.25, 0.3) is 0 Å². The largest absolute Gasteiger partial charge is 0.508 e. The van der Waals surface area contributed by atoms with Crippen molar-refractivity contribution >= 4 is 0 Å². The van der Waals surface area contributed by atoms with Gasteiger partial charge in [0.05, 0.1) is 0 Å². The molecule has 2 atom stereocenters. The van der Waals surface area contributed by atoms with Gasteiger partial charge in [-0.2, -0.15) is 0 Å². The third-order valence-electron chi connectivity index (χ3n) is 3.97. The molecule has 2 unspecified atom stereocenters. The maximum Gasteiger partial charge on any atom is 0.115 e. The van der Waals surface area contributed by atoms with Crippen molar-refractivity contribution in [3.05, 3.63) is 29.8 Å². The molecule has 0 radical (unpaired) electrons. The van der Waals surface area contributed by atoms with Crippen molar-refractivity contribution < 1.29 is 5.11 Å². The fourth-order valence-electron chi connectivity index (χ4n) is 2.79. The Hall–Kier alpha value is -1.06. The summed E-state index contributed by atoms with van der Waals surface area (Å²) < 4.78 is 0. The Kier molecular flexibility index (Phi) is 4.61. The molecule has 0 aliphatic carbocycles. The molecule has 0 aromatic heterocycles. The van der Waals surface area contributed by atoms with Crippen LogP contribution in [0.4, 0.5) is 0 Å². The number of rotatable bonds is 4. The van der Waals surface area contributed by atoms with Crippen LogP contribution in [-0.4, -0.2) is 35.7 Å². The molecule has 3 nitrogen and oxygen atoms in total. The van der Waals surface area contributed by atoms with Gasteiger partial charge in [0.15, 0.2) is 0 Å². The number of phenols is 1. The number of aromatic hydroxyl groups is 1. The van der Waals surface area contributed by atoms with E-state index in [9.17, 15) is 5.11 Å². The molecule has 3 N–H and O–H groups in total. The van der Waals surface area contributed by atoms with Crippen molar-refractivity contribution in [2.75, 3.05) is 19.6 Å². The molecule has 1 aromatic carbocycles. The second-order valence-electron chi connectivity index (χ2n) is 5.46. The quantitative estimate of drug-likeness (QED) is 0.857. The monoisotopic (exact) mass is 248 g/mol. The molecular weight excluding hydrogens is 224 g/mol. The highest BCUT2D eigenvalue weighted by atomic mass is 16.3. The Labute approximate surface area is 110 Å². The van der Waals surface area contributed by atoms with Crippen molar-refractivity contribution in [2.45, 2.75) is 32.2 Å². The van der Waals surface area contributed by atoms with E-state index >= 15 is 0 Å². The van der Waals surface area contributed by atoms with Gasteiger partial charge in [-0.25, -0.2) is 0 Å². The van der Waals surface area contributed by atoms with Crippen LogP contribution in [0.1, 0.15) is 25.3 Å². The van der Waals surface area contributed by atoms with Gasteiger partial charge < -0.3 is 15.7 Å². The van der Waals surface area contributed by atoms with Crippen LogP contribution in [0.25, 0.3) is 0 Å². The second-order valence-corrected chi connectivity index (χ2v) is 5.46. The van der Waals surface area contributed by atoms with Crippen molar-refractivity contribution in [3.8, 4) is 5.75 Å². The number of phenolic OH excluding ortho intramolecular Hbond substituents is 1. The number of hydrogen-bond donors (Lipinski definition) is 2. The summed E-state index contributed by atoms with van der Waals surface area (Å²) in [6.45, 7) is 5.42. The van der Waals surface area contributed by atoms with Gasteiger partial charge >= 0.3 is 0 Å². The molecule has 0 spiro atoms. The van der Waals surface area contributed by atoms with Gasteiger partial charge in [-0.15, -0.1) is 0 Å². The molecule has 100 valence electrons. The summed E-state index contributed by atoms with van der Waals surface area (Å²) in [5.74, 6) is 1.01. The highest BCUT2D eigenvalue weighted by molar-refractivity contribution is 5.26. The van der Waals surface area contributed by atoms with Crippen LogP contribution in [0, 0.1) is 5.92 Å². The maximum atomic E-state index is 9.28. The molecule has 1 aliphatic heterocycles. The van der Waals surface area contributed by atoms with E-state index < -0.39 is 0 Å². The summed E-state index contributed by atoms with van der Waals surface area (Å²) in [5, 5.41) is 9.28. The van der Waals surface area contributed by atoms with Gasteiger partial charge in [0.1, 0.15) is 5.75 Å². The average molecular weight is 248 g/mol. The first-order valence-electron chi connectivity index (χ1n) is 6.91. The van der Waals surface area contributed by atoms with Crippen molar-refractivity contribution in [1.29, 1.82) is 0 Å². The van der Waals surface area contributed by atoms with Gasteiger partial charge in [-0.3, -0.25) is 0 Å². The summed E-state index contributed by atoms with van der Waals surface area (Å²) in [7, 11) is 0. The first kappa shape index (κ1) is 13.4. The Morgan fingerprint density at radius 1 is 1.39 bits per heavy atom. The van der Waals surface area contributed by atoms with Gasteiger partial charge in [-0.1, -0.05) is 12.1 Å². The predicted octanol–water partition coefficient (Wildman–Crippen LogP) is 1.99. The third-order valence-corrected chi connectivity index (χ3v) is 3.97. The highest BCUT2D eigenvalue weighted by Crippen LogP contribution is 2.20. The van der Waals surface area contributed by atoms with E-state index in [1.54, 1.807) is 12.1 Å². The van der Waals surface area contributed by atoms with Crippen molar-refractivity contribution in [3.63, 3.8) is 0 Å². The Morgan fingerprint density at radius 3 is 2.78 bits per heavy atom. The summed E-state index contributed by atoms with van der Waals surface area (Å²) >= 11 is 0. The Morgan fingerprint density at radius 2 is 2.11 bits per heavy atom. The smallest absolute Gasteiger partial charge is 0.115 e. The molecule has 0 saturated carbocycles. The molecule has 0 amide bonds. The molecule has 1 fully saturated rings. The van der Waals surface area contributed by atoms with E-state index in [-0.39, 0.29) is 0 Å². The average Bonchev–Trinajstić information content (AvgIpc) is 2.41. The molecule has 1 saturated heterocycles. The standard InChI is InChI=1S/C15H24N2O/c1-12(9-13-4-6-15(18)7-5-13)17-8-2-3-14(10-16)11-17/h4-7,12,14,18H,2-3,8-11,16H2,1H3. The summed E-state index contributed by atoms with van der Waals surface area (Å²) in [6, 6.07) is 8.10. The summed E-state index contributed by atoms with van der Waals surface area (Å²) in [6.07, 6.45) is 3.58. The number of nitrogens with zero attached hydrogens (tertiary/aromatic N) is 1. The van der Waals surface area contributed by atoms with Crippen LogP contribution in [0.2, 0.25) is 0 Å². The zero-order valence-corrected chi connectivity index (χ0v) is 11.2. The number of nitrogens with two attached hydrogens (primary N) is 1. The highest BCUT2D eigenvalue weighted by Gasteiger charge is 2.22. The van der Waals surface area contributed by atoms with E-state index in [1.807, 2.05) is 12.1 Å². The zero-order valence-electron chi connectivity index (χ0n) is 11.2. The van der Waals surface area contributed by atoms with E-state index in [0.717, 1.165) is 19.5 Å². The number of benzene rings is 1. The molecule has 2 rings (SSSR count). The Balaban J connectivity index is 1.90. The lowest BCUT2D eigenvalue weighted by atomic mass is 9.95. The molecule has 1 heterocycles. The number of piperidine rings is 1. The lowest BCUT2D eigenvalue weighted by Gasteiger charge is -2.36. The topological polar surface area (TPSA) is 49.5 Å². The molecule has 18 heavy (non-hydrogen) atoms. The first-order valence-corrected chi connectivity index (χ1v) is 6.91. The van der Waals surface area contributed by atoms with E-state index in [0.29, 0.717) is 17.7 Å². The third kappa shape index (κ3) is 3.47. The molecule has 3 heteroatoms. The fourth-order valence-corrected chi connectivity index (χ4v) is 2.79. The number of hydrogen-bond acceptors (Lipinski definition) is 3. The second kappa shape index (κ2) is 6.21. The lowest BCUT2D eigenvalue weighted by molar-refractivity contribution is 0.134. The lowest BCUT2D eigenvalue weighted by Crippen LogP contribution is -2.44. The SMILES string of the molecule is CC(Cc1ccc(O)cc1)N1CCCC(CN)C1. The summed E-state index contributed by atoms with van der Waals surface area (Å²) in [5.41, 5.74) is 7.07. The molecule has 1 aliphatic rings. The van der Waals surface area contributed by atoms with Gasteiger partial charge in [-0.05, 0) is 62.9 Å². The fraction of sp³-hybridized carbons (Fsp3) is 0.600. The number of likely N-dealkylation sites (tertiary alicyclic amines) is 1. The minimum Gasteiger partial charge on any atom is -0.508 e. The van der Waals surface area contributed by atoms with Crippen LogP contribution in [0.3, 0.4) is 0 Å². The predicted molar refractivity (Wildman–Crippen MR) is 74.6 cm³/mol.